The molecule has 0 N–H and O–H groups in total. The Hall–Kier alpha value is -1.21. The lowest BCUT2D eigenvalue weighted by Crippen LogP contribution is -1.75. The van der Waals surface area contributed by atoms with Gasteiger partial charge in [-0.15, -0.1) is 11.6 Å². The van der Waals surface area contributed by atoms with E-state index in [0.717, 1.165) is 28.7 Å². The molecule has 0 aliphatic rings. The Labute approximate surface area is 101 Å². The average Bonchev–Trinajstić information content (AvgIpc) is 2.68. The number of hydrogen-bond acceptors (Lipinski definition) is 1. The Morgan fingerprint density at radius 2 is 2.19 bits per heavy atom. The predicted molar refractivity (Wildman–Crippen MR) is 69.9 cm³/mol. The predicted octanol–water partition coefficient (Wildman–Crippen LogP) is 4.77. The zero-order chi connectivity index (χ0) is 11.5. The fourth-order valence-electron chi connectivity index (χ4n) is 1.73. The van der Waals surface area contributed by atoms with Crippen LogP contribution in [0.4, 0.5) is 0 Å². The normalized spacial score (nSPS) is 12.3. The lowest BCUT2D eigenvalue weighted by atomic mass is 10.1. The van der Waals surface area contributed by atoms with Gasteiger partial charge in [-0.2, -0.15) is 0 Å². The van der Waals surface area contributed by atoms with Gasteiger partial charge in [0, 0.05) is 11.3 Å². The van der Waals surface area contributed by atoms with Gasteiger partial charge < -0.3 is 4.42 Å². The Kier molecular flexibility index (Phi) is 3.35. The number of aryl methyl sites for hydroxylation is 1. The summed E-state index contributed by atoms with van der Waals surface area (Å²) in [4.78, 5) is 0. The molecular weight excluding hydrogens is 220 g/mol. The average molecular weight is 235 g/mol. The molecule has 0 spiro atoms. The van der Waals surface area contributed by atoms with Crippen LogP contribution in [0.5, 0.6) is 0 Å². The monoisotopic (exact) mass is 234 g/mol. The van der Waals surface area contributed by atoms with Crippen molar-refractivity contribution in [1.82, 2.24) is 0 Å². The highest BCUT2D eigenvalue weighted by Gasteiger charge is 2.04. The summed E-state index contributed by atoms with van der Waals surface area (Å²) in [5.74, 6) is 1.59. The van der Waals surface area contributed by atoms with Crippen molar-refractivity contribution in [3.63, 3.8) is 0 Å². The lowest BCUT2D eigenvalue weighted by molar-refractivity contribution is 0.599. The van der Waals surface area contributed by atoms with Gasteiger partial charge in [-0.25, -0.2) is 0 Å². The second kappa shape index (κ2) is 4.75. The van der Waals surface area contributed by atoms with Crippen molar-refractivity contribution in [2.45, 2.75) is 20.3 Å². The van der Waals surface area contributed by atoms with E-state index in [0.29, 0.717) is 5.88 Å². The van der Waals surface area contributed by atoms with E-state index in [1.165, 1.54) is 5.56 Å². The van der Waals surface area contributed by atoms with Gasteiger partial charge in [0.05, 0.1) is 0 Å². The molecule has 2 aromatic rings. The van der Waals surface area contributed by atoms with Gasteiger partial charge in [0.1, 0.15) is 11.3 Å². The highest BCUT2D eigenvalue weighted by molar-refractivity contribution is 6.17. The van der Waals surface area contributed by atoms with Crippen LogP contribution in [0.15, 0.2) is 34.8 Å². The third-order valence-electron chi connectivity index (χ3n) is 2.62. The summed E-state index contributed by atoms with van der Waals surface area (Å²) < 4.78 is 5.77. The molecule has 0 amide bonds. The molecule has 2 rings (SSSR count). The van der Waals surface area contributed by atoms with Gasteiger partial charge >= 0.3 is 0 Å². The Morgan fingerprint density at radius 3 is 2.94 bits per heavy atom. The van der Waals surface area contributed by atoms with Crippen LogP contribution in [0.3, 0.4) is 0 Å². The molecule has 1 aromatic carbocycles. The Bertz CT molecular complexity index is 523. The second-order valence-electron chi connectivity index (χ2n) is 4.02. The molecule has 0 atom stereocenters. The van der Waals surface area contributed by atoms with Crippen LogP contribution >= 0.6 is 11.6 Å². The topological polar surface area (TPSA) is 13.1 Å². The van der Waals surface area contributed by atoms with E-state index in [-0.39, 0.29) is 0 Å². The number of furan rings is 1. The fraction of sp³-hybridized carbons (Fsp3) is 0.286. The minimum atomic E-state index is 0.649. The van der Waals surface area contributed by atoms with Gasteiger partial charge in [-0.05, 0) is 44.0 Å². The van der Waals surface area contributed by atoms with E-state index in [1.807, 2.05) is 6.07 Å². The molecule has 2 heteroatoms. The summed E-state index contributed by atoms with van der Waals surface area (Å²) in [5, 5.41) is 1.16. The summed E-state index contributed by atoms with van der Waals surface area (Å²) in [7, 11) is 0. The summed E-state index contributed by atoms with van der Waals surface area (Å²) in [6.07, 6.45) is 2.99. The maximum atomic E-state index is 5.77. The van der Waals surface area contributed by atoms with Crippen LogP contribution in [-0.4, -0.2) is 5.88 Å². The van der Waals surface area contributed by atoms with Gasteiger partial charge in [0.25, 0.3) is 0 Å². The quantitative estimate of drug-likeness (QED) is 0.697. The first-order valence-corrected chi connectivity index (χ1v) is 5.97. The number of hydrogen-bond donors (Lipinski definition) is 0. The molecule has 0 bridgehead atoms. The first-order chi connectivity index (χ1) is 7.70. The maximum absolute atomic E-state index is 5.77. The molecule has 1 nitrogen and oxygen atoms in total. The second-order valence-corrected chi connectivity index (χ2v) is 4.39. The number of rotatable bonds is 3. The van der Waals surface area contributed by atoms with Crippen molar-refractivity contribution in [2.24, 2.45) is 0 Å². The summed E-state index contributed by atoms with van der Waals surface area (Å²) >= 11 is 5.66. The molecule has 1 aromatic heterocycles. The lowest BCUT2D eigenvalue weighted by Gasteiger charge is -1.94. The molecule has 0 aliphatic carbocycles. The van der Waals surface area contributed by atoms with Gasteiger partial charge in [0.2, 0.25) is 0 Å². The zero-order valence-electron chi connectivity index (χ0n) is 9.59. The highest BCUT2D eigenvalue weighted by atomic mass is 35.5. The van der Waals surface area contributed by atoms with Crippen LogP contribution in [0.1, 0.15) is 24.7 Å². The van der Waals surface area contributed by atoms with E-state index in [1.54, 1.807) is 0 Å². The molecule has 0 saturated heterocycles. The number of benzene rings is 1. The van der Waals surface area contributed by atoms with Crippen molar-refractivity contribution in [1.29, 1.82) is 0 Å². The Balaban J connectivity index is 2.39. The third kappa shape index (κ3) is 2.30. The minimum Gasteiger partial charge on any atom is -0.456 e. The SMILES string of the molecule is C/C(=C/CCCl)c1cc2cc(C)ccc2o1. The van der Waals surface area contributed by atoms with Crippen molar-refractivity contribution < 1.29 is 4.42 Å². The standard InChI is InChI=1S/C14H15ClO/c1-10-5-6-13-12(8-10)9-14(16-13)11(2)4-3-7-15/h4-6,8-9H,3,7H2,1-2H3/b11-4-. The van der Waals surface area contributed by atoms with Crippen molar-refractivity contribution in [3.05, 3.63) is 41.7 Å². The van der Waals surface area contributed by atoms with Crippen LogP contribution in [0.25, 0.3) is 16.5 Å². The molecule has 0 radical (unpaired) electrons. The highest BCUT2D eigenvalue weighted by Crippen LogP contribution is 2.25. The van der Waals surface area contributed by atoms with Crippen molar-refractivity contribution in [2.75, 3.05) is 5.88 Å². The van der Waals surface area contributed by atoms with E-state index >= 15 is 0 Å². The first-order valence-electron chi connectivity index (χ1n) is 5.44. The van der Waals surface area contributed by atoms with Gasteiger partial charge in [-0.3, -0.25) is 0 Å². The summed E-state index contributed by atoms with van der Waals surface area (Å²) in [6, 6.07) is 8.30. The van der Waals surface area contributed by atoms with Crippen LogP contribution in [0.2, 0.25) is 0 Å². The molecule has 84 valence electrons. The molecule has 0 saturated carbocycles. The largest absolute Gasteiger partial charge is 0.456 e. The molecule has 16 heavy (non-hydrogen) atoms. The van der Waals surface area contributed by atoms with E-state index in [9.17, 15) is 0 Å². The maximum Gasteiger partial charge on any atom is 0.134 e. The van der Waals surface area contributed by atoms with Crippen molar-refractivity contribution in [3.8, 4) is 0 Å². The molecule has 1 heterocycles. The summed E-state index contributed by atoms with van der Waals surface area (Å²) in [5.41, 5.74) is 3.34. The summed E-state index contributed by atoms with van der Waals surface area (Å²) in [6.45, 7) is 4.14. The number of halogens is 1. The minimum absolute atomic E-state index is 0.649. The number of alkyl halides is 1. The molecule has 0 aliphatic heterocycles. The molecule has 0 unspecified atom stereocenters. The first kappa shape index (κ1) is 11.3. The van der Waals surface area contributed by atoms with Crippen LogP contribution < -0.4 is 0 Å². The Morgan fingerprint density at radius 1 is 1.38 bits per heavy atom. The van der Waals surface area contributed by atoms with E-state index in [2.05, 4.69) is 38.1 Å². The van der Waals surface area contributed by atoms with Crippen LogP contribution in [0, 0.1) is 6.92 Å². The molecular formula is C14H15ClO. The van der Waals surface area contributed by atoms with Gasteiger partial charge in [-0.1, -0.05) is 17.7 Å². The van der Waals surface area contributed by atoms with E-state index in [4.69, 9.17) is 16.0 Å². The smallest absolute Gasteiger partial charge is 0.134 e. The fourth-order valence-corrected chi connectivity index (χ4v) is 1.84. The number of allylic oxidation sites excluding steroid dienone is 2. The molecule has 0 fully saturated rings. The van der Waals surface area contributed by atoms with Gasteiger partial charge in [0.15, 0.2) is 0 Å². The zero-order valence-corrected chi connectivity index (χ0v) is 10.3. The third-order valence-corrected chi connectivity index (χ3v) is 2.84. The number of fused-ring (bicyclic) bond motifs is 1. The van der Waals surface area contributed by atoms with Crippen molar-refractivity contribution >= 4 is 28.1 Å². The van der Waals surface area contributed by atoms with Crippen LogP contribution in [-0.2, 0) is 0 Å². The van der Waals surface area contributed by atoms with E-state index < -0.39 is 0 Å².